The first-order valence-corrected chi connectivity index (χ1v) is 7.17. The molecule has 108 valence electrons. The lowest BCUT2D eigenvalue weighted by Crippen LogP contribution is -2.01. The summed E-state index contributed by atoms with van der Waals surface area (Å²) in [5.74, 6) is 1.13. The van der Waals surface area contributed by atoms with Gasteiger partial charge >= 0.3 is 0 Å². The summed E-state index contributed by atoms with van der Waals surface area (Å²) in [5, 5.41) is 11.8. The van der Waals surface area contributed by atoms with E-state index in [1.165, 1.54) is 0 Å². The van der Waals surface area contributed by atoms with Crippen LogP contribution in [0.25, 0.3) is 0 Å². The van der Waals surface area contributed by atoms with Crippen molar-refractivity contribution in [1.82, 2.24) is 25.1 Å². The van der Waals surface area contributed by atoms with E-state index in [1.54, 1.807) is 10.9 Å². The Morgan fingerprint density at radius 3 is 3.00 bits per heavy atom. The number of nitrogens with two attached hydrogens (primary N) is 1. The quantitative estimate of drug-likeness (QED) is 0.750. The first-order valence-electron chi connectivity index (χ1n) is 6.38. The van der Waals surface area contributed by atoms with Crippen molar-refractivity contribution < 1.29 is 4.52 Å². The Kier molecular flexibility index (Phi) is 4.07. The molecular weight excluding hydrogens is 336 g/mol. The lowest BCUT2D eigenvalue weighted by atomic mass is 10.1. The molecule has 0 spiro atoms. The third-order valence-corrected chi connectivity index (χ3v) is 3.35. The number of hydrogen-bond donors (Lipinski definition) is 1. The van der Waals surface area contributed by atoms with Gasteiger partial charge in [0.05, 0.1) is 11.9 Å². The summed E-state index contributed by atoms with van der Waals surface area (Å²) in [5.41, 5.74) is 7.33. The van der Waals surface area contributed by atoms with Gasteiger partial charge in [0, 0.05) is 17.4 Å². The fourth-order valence-corrected chi connectivity index (χ4v) is 2.35. The Morgan fingerprint density at radius 1 is 1.33 bits per heavy atom. The van der Waals surface area contributed by atoms with Crippen molar-refractivity contribution in [2.24, 2.45) is 5.73 Å². The molecule has 0 bridgehead atoms. The number of hydrogen-bond acceptors (Lipinski definition) is 6. The minimum Gasteiger partial charge on any atom is -0.337 e. The van der Waals surface area contributed by atoms with Crippen molar-refractivity contribution in [3.8, 4) is 0 Å². The monoisotopic (exact) mass is 348 g/mol. The van der Waals surface area contributed by atoms with Gasteiger partial charge in [-0.2, -0.15) is 4.98 Å². The molecule has 0 fully saturated rings. The van der Waals surface area contributed by atoms with Gasteiger partial charge in [0.2, 0.25) is 5.89 Å². The maximum Gasteiger partial charge on any atom is 0.248 e. The van der Waals surface area contributed by atoms with Crippen LogP contribution in [-0.2, 0) is 19.5 Å². The molecule has 21 heavy (non-hydrogen) atoms. The molecule has 2 heterocycles. The molecule has 3 rings (SSSR count). The van der Waals surface area contributed by atoms with Crippen LogP contribution in [-0.4, -0.2) is 25.1 Å². The van der Waals surface area contributed by atoms with Gasteiger partial charge in [0.25, 0.3) is 0 Å². The molecule has 0 radical (unpaired) electrons. The number of nitrogens with zero attached hydrogens (tertiary/aromatic N) is 5. The van der Waals surface area contributed by atoms with Gasteiger partial charge in [0.15, 0.2) is 5.82 Å². The summed E-state index contributed by atoms with van der Waals surface area (Å²) in [4.78, 5) is 4.35. The number of rotatable bonds is 5. The van der Waals surface area contributed by atoms with Crippen molar-refractivity contribution in [2.75, 3.05) is 0 Å². The molecule has 0 unspecified atom stereocenters. The minimum atomic E-state index is 0.359. The van der Waals surface area contributed by atoms with Gasteiger partial charge in [-0.15, -0.1) is 5.10 Å². The molecule has 0 saturated carbocycles. The van der Waals surface area contributed by atoms with Crippen LogP contribution in [0.1, 0.15) is 23.0 Å². The maximum absolute atomic E-state index is 5.49. The molecule has 0 amide bonds. The number of aromatic nitrogens is 5. The van der Waals surface area contributed by atoms with Crippen LogP contribution in [0, 0.1) is 0 Å². The zero-order chi connectivity index (χ0) is 14.7. The molecule has 0 aliphatic heterocycles. The van der Waals surface area contributed by atoms with E-state index in [-0.39, 0.29) is 0 Å². The molecule has 2 N–H and O–H groups in total. The van der Waals surface area contributed by atoms with E-state index in [2.05, 4.69) is 36.4 Å². The summed E-state index contributed by atoms with van der Waals surface area (Å²) in [6.07, 6.45) is 2.38. The normalized spacial score (nSPS) is 11.0. The highest BCUT2D eigenvalue weighted by molar-refractivity contribution is 9.10. The Hall–Kier alpha value is -2.06. The first-order chi connectivity index (χ1) is 10.2. The lowest BCUT2D eigenvalue weighted by Gasteiger charge is -1.97. The van der Waals surface area contributed by atoms with Crippen LogP contribution >= 0.6 is 15.9 Å². The Labute approximate surface area is 129 Å². The highest BCUT2D eigenvalue weighted by Gasteiger charge is 2.09. The molecular formula is C13H13BrN6O. The number of benzene rings is 1. The van der Waals surface area contributed by atoms with E-state index in [0.717, 1.165) is 15.7 Å². The average molecular weight is 349 g/mol. The van der Waals surface area contributed by atoms with Gasteiger partial charge in [-0.25, -0.2) is 4.68 Å². The van der Waals surface area contributed by atoms with E-state index in [1.807, 2.05) is 24.3 Å². The summed E-state index contributed by atoms with van der Waals surface area (Å²) in [7, 11) is 0. The third-order valence-electron chi connectivity index (χ3n) is 2.85. The fourth-order valence-electron chi connectivity index (χ4n) is 1.90. The second-order valence-corrected chi connectivity index (χ2v) is 5.44. The second kappa shape index (κ2) is 6.15. The molecule has 0 aliphatic rings. The van der Waals surface area contributed by atoms with E-state index in [4.69, 9.17) is 10.3 Å². The highest BCUT2D eigenvalue weighted by atomic mass is 79.9. The zero-order valence-corrected chi connectivity index (χ0v) is 12.7. The summed E-state index contributed by atoms with van der Waals surface area (Å²) in [6, 6.07) is 8.00. The molecule has 0 saturated heterocycles. The molecule has 8 heteroatoms. The van der Waals surface area contributed by atoms with Crippen LogP contribution < -0.4 is 5.73 Å². The van der Waals surface area contributed by atoms with Crippen molar-refractivity contribution in [3.63, 3.8) is 0 Å². The van der Waals surface area contributed by atoms with Gasteiger partial charge in [-0.05, 0) is 17.7 Å². The lowest BCUT2D eigenvalue weighted by molar-refractivity contribution is 0.360. The fraction of sp³-hybridized carbons (Fsp3) is 0.231. The topological polar surface area (TPSA) is 95.7 Å². The largest absolute Gasteiger partial charge is 0.337 e. The highest BCUT2D eigenvalue weighted by Crippen LogP contribution is 2.14. The molecule has 7 nitrogen and oxygen atoms in total. The van der Waals surface area contributed by atoms with Crippen molar-refractivity contribution >= 4 is 15.9 Å². The average Bonchev–Trinajstić information content (AvgIpc) is 3.09. The zero-order valence-electron chi connectivity index (χ0n) is 11.1. The molecule has 0 aliphatic carbocycles. The Bertz CT molecular complexity index is 738. The van der Waals surface area contributed by atoms with E-state index < -0.39 is 0 Å². The Morgan fingerprint density at radius 2 is 2.24 bits per heavy atom. The van der Waals surface area contributed by atoms with Gasteiger partial charge < -0.3 is 10.3 Å². The van der Waals surface area contributed by atoms with Crippen LogP contribution in [0.2, 0.25) is 0 Å². The second-order valence-electron chi connectivity index (χ2n) is 4.52. The van der Waals surface area contributed by atoms with E-state index in [9.17, 15) is 0 Å². The van der Waals surface area contributed by atoms with Gasteiger partial charge in [-0.3, -0.25) is 0 Å². The SMILES string of the molecule is NCc1cn(Cc2nc(Cc3cccc(Br)c3)no2)nn1. The smallest absolute Gasteiger partial charge is 0.248 e. The maximum atomic E-state index is 5.49. The van der Waals surface area contributed by atoms with Crippen molar-refractivity contribution in [3.05, 3.63) is 57.9 Å². The van der Waals surface area contributed by atoms with Crippen LogP contribution in [0.3, 0.4) is 0 Å². The predicted molar refractivity (Wildman–Crippen MR) is 78.3 cm³/mol. The van der Waals surface area contributed by atoms with Crippen molar-refractivity contribution in [2.45, 2.75) is 19.5 Å². The minimum absolute atomic E-state index is 0.359. The van der Waals surface area contributed by atoms with Crippen LogP contribution in [0.4, 0.5) is 0 Å². The summed E-state index contributed by atoms with van der Waals surface area (Å²) < 4.78 is 7.87. The summed E-state index contributed by atoms with van der Waals surface area (Å²) >= 11 is 3.44. The van der Waals surface area contributed by atoms with Gasteiger partial charge in [0.1, 0.15) is 6.54 Å². The number of halogens is 1. The van der Waals surface area contributed by atoms with Crippen molar-refractivity contribution in [1.29, 1.82) is 0 Å². The Balaban J connectivity index is 1.68. The first kappa shape index (κ1) is 13.9. The standard InChI is InChI=1S/C13H13BrN6O/c14-10-3-1-2-9(4-10)5-12-16-13(21-18-12)8-20-7-11(6-15)17-19-20/h1-4,7H,5-6,8,15H2. The predicted octanol–water partition coefficient (Wildman–Crippen LogP) is 1.52. The summed E-state index contributed by atoms with van der Waals surface area (Å²) in [6.45, 7) is 0.746. The van der Waals surface area contributed by atoms with E-state index >= 15 is 0 Å². The van der Waals surface area contributed by atoms with Crippen LogP contribution in [0.15, 0.2) is 39.5 Å². The van der Waals surface area contributed by atoms with Crippen LogP contribution in [0.5, 0.6) is 0 Å². The molecule has 1 aromatic carbocycles. The third kappa shape index (κ3) is 3.53. The molecule has 2 aromatic heterocycles. The molecule has 0 atom stereocenters. The van der Waals surface area contributed by atoms with E-state index in [0.29, 0.717) is 31.2 Å². The van der Waals surface area contributed by atoms with Gasteiger partial charge in [-0.1, -0.05) is 38.4 Å². The molecule has 3 aromatic rings.